The SMILES string of the molecule is COc1ccc(Cl)cc1-c1nc(SCC(=O)NC(C)C2CC3CCC2C3)n[nH]1. The normalized spacial score (nSPS) is 24.3. The van der Waals surface area contributed by atoms with E-state index in [1.807, 2.05) is 0 Å². The third-order valence-electron chi connectivity index (χ3n) is 6.04. The van der Waals surface area contributed by atoms with Crippen LogP contribution >= 0.6 is 23.4 Å². The summed E-state index contributed by atoms with van der Waals surface area (Å²) in [4.78, 5) is 16.8. The Hall–Kier alpha value is -1.73. The number of nitrogens with zero attached hydrogens (tertiary/aromatic N) is 2. The number of carbonyl (C=O) groups excluding carboxylic acids is 1. The number of thioether (sulfide) groups is 1. The smallest absolute Gasteiger partial charge is 0.230 e. The van der Waals surface area contributed by atoms with Crippen LogP contribution < -0.4 is 10.1 Å². The maximum atomic E-state index is 12.4. The number of H-pyrrole nitrogens is 1. The zero-order valence-electron chi connectivity index (χ0n) is 16.1. The highest BCUT2D eigenvalue weighted by molar-refractivity contribution is 7.99. The van der Waals surface area contributed by atoms with Gasteiger partial charge in [0.2, 0.25) is 11.1 Å². The number of aromatic amines is 1. The molecule has 2 saturated carbocycles. The lowest BCUT2D eigenvalue weighted by Crippen LogP contribution is -2.40. The van der Waals surface area contributed by atoms with Crippen LogP contribution in [0.4, 0.5) is 0 Å². The number of ether oxygens (including phenoxy) is 1. The number of halogens is 1. The van der Waals surface area contributed by atoms with Crippen LogP contribution in [0.2, 0.25) is 5.02 Å². The molecule has 28 heavy (non-hydrogen) atoms. The lowest BCUT2D eigenvalue weighted by atomic mass is 9.84. The van der Waals surface area contributed by atoms with Gasteiger partial charge in [-0.05, 0) is 62.1 Å². The van der Waals surface area contributed by atoms with Crippen molar-refractivity contribution in [2.75, 3.05) is 12.9 Å². The van der Waals surface area contributed by atoms with Crippen LogP contribution in [-0.4, -0.2) is 40.0 Å². The van der Waals surface area contributed by atoms with Crippen LogP contribution in [0.25, 0.3) is 11.4 Å². The molecule has 2 aliphatic carbocycles. The molecule has 1 amide bonds. The molecule has 2 aliphatic rings. The standard InChI is InChI=1S/C20H25ClN4O2S/c1-11(15-8-12-3-4-13(15)7-12)22-18(26)10-28-20-23-19(24-25-20)16-9-14(21)5-6-17(16)27-2/h5-6,9,11-13,15H,3-4,7-8,10H2,1-2H3,(H,22,26)(H,23,24,25). The van der Waals surface area contributed by atoms with Gasteiger partial charge in [-0.1, -0.05) is 29.8 Å². The van der Waals surface area contributed by atoms with Gasteiger partial charge in [0, 0.05) is 11.1 Å². The van der Waals surface area contributed by atoms with Gasteiger partial charge in [-0.25, -0.2) is 4.98 Å². The van der Waals surface area contributed by atoms with Crippen LogP contribution in [0.5, 0.6) is 5.75 Å². The molecule has 0 radical (unpaired) electrons. The summed E-state index contributed by atoms with van der Waals surface area (Å²) in [6.45, 7) is 2.14. The van der Waals surface area contributed by atoms with E-state index in [0.717, 1.165) is 17.4 Å². The Bertz CT molecular complexity index is 858. The number of rotatable bonds is 7. The Balaban J connectivity index is 1.32. The van der Waals surface area contributed by atoms with Gasteiger partial charge < -0.3 is 10.1 Å². The first-order valence-corrected chi connectivity index (χ1v) is 11.1. The fourth-order valence-electron chi connectivity index (χ4n) is 4.74. The lowest BCUT2D eigenvalue weighted by molar-refractivity contribution is -0.119. The number of carbonyl (C=O) groups is 1. The molecule has 4 unspecified atom stereocenters. The summed E-state index contributed by atoms with van der Waals surface area (Å²) < 4.78 is 5.36. The van der Waals surface area contributed by atoms with Crippen molar-refractivity contribution in [3.05, 3.63) is 23.2 Å². The first-order chi connectivity index (χ1) is 13.5. The quantitative estimate of drug-likeness (QED) is 0.657. The van der Waals surface area contributed by atoms with Crippen molar-refractivity contribution in [1.82, 2.24) is 20.5 Å². The van der Waals surface area contributed by atoms with Crippen molar-refractivity contribution < 1.29 is 9.53 Å². The molecular formula is C20H25ClN4O2S. The molecule has 2 N–H and O–H groups in total. The molecule has 0 saturated heterocycles. The Morgan fingerprint density at radius 3 is 3.00 bits per heavy atom. The maximum Gasteiger partial charge on any atom is 0.230 e. The molecule has 1 heterocycles. The zero-order chi connectivity index (χ0) is 19.7. The summed E-state index contributed by atoms with van der Waals surface area (Å²) in [6, 6.07) is 5.57. The molecule has 4 atom stereocenters. The number of fused-ring (bicyclic) bond motifs is 2. The zero-order valence-corrected chi connectivity index (χ0v) is 17.6. The molecular weight excluding hydrogens is 396 g/mol. The van der Waals surface area contributed by atoms with Gasteiger partial charge >= 0.3 is 0 Å². The number of benzene rings is 1. The molecule has 150 valence electrons. The van der Waals surface area contributed by atoms with Gasteiger partial charge in [0.05, 0.1) is 18.4 Å². The Labute approximate surface area is 174 Å². The number of amides is 1. The molecule has 2 bridgehead atoms. The third-order valence-corrected chi connectivity index (χ3v) is 7.12. The number of methoxy groups -OCH3 is 1. The van der Waals surface area contributed by atoms with E-state index in [4.69, 9.17) is 16.3 Å². The summed E-state index contributed by atoms with van der Waals surface area (Å²) in [7, 11) is 1.60. The van der Waals surface area contributed by atoms with Gasteiger partial charge in [0.25, 0.3) is 0 Å². The van der Waals surface area contributed by atoms with Crippen LogP contribution in [0, 0.1) is 17.8 Å². The molecule has 8 heteroatoms. The van der Waals surface area contributed by atoms with Gasteiger partial charge in [-0.2, -0.15) is 0 Å². The van der Waals surface area contributed by atoms with Gasteiger partial charge in [0.1, 0.15) is 5.75 Å². The van der Waals surface area contributed by atoms with E-state index in [9.17, 15) is 4.79 Å². The largest absolute Gasteiger partial charge is 0.496 e. The van der Waals surface area contributed by atoms with Crippen LogP contribution in [0.15, 0.2) is 23.4 Å². The summed E-state index contributed by atoms with van der Waals surface area (Å²) in [5.74, 6) is 3.89. The van der Waals surface area contributed by atoms with E-state index in [-0.39, 0.29) is 11.9 Å². The van der Waals surface area contributed by atoms with Crippen molar-refractivity contribution in [2.45, 2.75) is 43.8 Å². The maximum absolute atomic E-state index is 12.4. The van der Waals surface area contributed by atoms with E-state index in [1.165, 1.54) is 37.4 Å². The summed E-state index contributed by atoms with van der Waals surface area (Å²) >= 11 is 7.41. The van der Waals surface area contributed by atoms with Crippen molar-refractivity contribution in [3.63, 3.8) is 0 Å². The molecule has 6 nitrogen and oxygen atoms in total. The monoisotopic (exact) mass is 420 g/mol. The minimum Gasteiger partial charge on any atom is -0.496 e. The Morgan fingerprint density at radius 1 is 1.43 bits per heavy atom. The predicted molar refractivity (Wildman–Crippen MR) is 111 cm³/mol. The second kappa shape index (κ2) is 8.33. The minimum atomic E-state index is 0.0342. The number of aromatic nitrogens is 3. The van der Waals surface area contributed by atoms with Gasteiger partial charge in [0.15, 0.2) is 5.82 Å². The van der Waals surface area contributed by atoms with Gasteiger partial charge in [-0.3, -0.25) is 9.89 Å². The average Bonchev–Trinajstić information content (AvgIpc) is 3.43. The summed E-state index contributed by atoms with van der Waals surface area (Å²) in [5, 5.41) is 11.4. The summed E-state index contributed by atoms with van der Waals surface area (Å²) in [6.07, 6.45) is 5.33. The minimum absolute atomic E-state index is 0.0342. The molecule has 1 aromatic carbocycles. The molecule has 1 aromatic heterocycles. The van der Waals surface area contributed by atoms with E-state index in [0.29, 0.717) is 33.4 Å². The van der Waals surface area contributed by atoms with Crippen LogP contribution in [0.3, 0.4) is 0 Å². The highest BCUT2D eigenvalue weighted by Gasteiger charge is 2.42. The van der Waals surface area contributed by atoms with Crippen LogP contribution in [-0.2, 0) is 4.79 Å². The first-order valence-electron chi connectivity index (χ1n) is 9.72. The lowest BCUT2D eigenvalue weighted by Gasteiger charge is -2.28. The van der Waals surface area contributed by atoms with Crippen molar-refractivity contribution >= 4 is 29.3 Å². The predicted octanol–water partition coefficient (Wildman–Crippen LogP) is 4.17. The Morgan fingerprint density at radius 2 is 2.29 bits per heavy atom. The molecule has 4 rings (SSSR count). The summed E-state index contributed by atoms with van der Waals surface area (Å²) in [5.41, 5.74) is 0.740. The Kier molecular flexibility index (Phi) is 5.83. The second-order valence-electron chi connectivity index (χ2n) is 7.79. The van der Waals surface area contributed by atoms with E-state index < -0.39 is 0 Å². The highest BCUT2D eigenvalue weighted by atomic mass is 35.5. The van der Waals surface area contributed by atoms with Crippen molar-refractivity contribution in [2.24, 2.45) is 17.8 Å². The van der Waals surface area contributed by atoms with E-state index >= 15 is 0 Å². The fraction of sp³-hybridized carbons (Fsp3) is 0.550. The highest BCUT2D eigenvalue weighted by Crippen LogP contribution is 2.49. The number of hydrogen-bond acceptors (Lipinski definition) is 5. The molecule has 0 aliphatic heterocycles. The number of nitrogens with one attached hydrogen (secondary N) is 2. The molecule has 0 spiro atoms. The van der Waals surface area contributed by atoms with Crippen molar-refractivity contribution in [1.29, 1.82) is 0 Å². The van der Waals surface area contributed by atoms with Gasteiger partial charge in [-0.15, -0.1) is 5.10 Å². The average molecular weight is 421 g/mol. The van der Waals surface area contributed by atoms with Crippen LogP contribution in [0.1, 0.15) is 32.6 Å². The second-order valence-corrected chi connectivity index (χ2v) is 9.17. The molecule has 2 aromatic rings. The van der Waals surface area contributed by atoms with E-state index in [1.54, 1.807) is 25.3 Å². The van der Waals surface area contributed by atoms with E-state index in [2.05, 4.69) is 27.4 Å². The number of hydrogen-bond donors (Lipinski definition) is 2. The first kappa shape index (κ1) is 19.6. The fourth-order valence-corrected chi connectivity index (χ4v) is 5.52. The topological polar surface area (TPSA) is 79.9 Å². The van der Waals surface area contributed by atoms with Crippen molar-refractivity contribution in [3.8, 4) is 17.1 Å². The molecule has 2 fully saturated rings. The third kappa shape index (κ3) is 4.15.